The molecule has 1 aromatic rings. The van der Waals surface area contributed by atoms with Crippen molar-refractivity contribution in [3.05, 3.63) is 24.3 Å². The predicted molar refractivity (Wildman–Crippen MR) is 111 cm³/mol. The van der Waals surface area contributed by atoms with Crippen LogP contribution in [0, 0.1) is 5.92 Å². The molecule has 1 aromatic carbocycles. The molecular weight excluding hydrogens is 398 g/mol. The summed E-state index contributed by atoms with van der Waals surface area (Å²) in [6, 6.07) is 5.42. The van der Waals surface area contributed by atoms with Crippen molar-refractivity contribution in [3.8, 4) is 0 Å². The maximum Gasteiger partial charge on any atom is 0.243 e. The fourth-order valence-electron chi connectivity index (χ4n) is 3.38. The number of hydrogen-bond acceptors (Lipinski definition) is 5. The highest BCUT2D eigenvalue weighted by atomic mass is 32.2. The van der Waals surface area contributed by atoms with E-state index in [1.165, 1.54) is 41.4 Å². The van der Waals surface area contributed by atoms with Gasteiger partial charge in [-0.3, -0.25) is 0 Å². The maximum absolute atomic E-state index is 12.5. The second kappa shape index (κ2) is 10.2. The molecule has 2 rings (SSSR count). The molecular formula is C19H33N3O4S2. The summed E-state index contributed by atoms with van der Waals surface area (Å²) < 4.78 is 53.8. The first-order valence-electron chi connectivity index (χ1n) is 10.0. The van der Waals surface area contributed by atoms with E-state index in [4.69, 9.17) is 0 Å². The maximum atomic E-state index is 12.5. The van der Waals surface area contributed by atoms with E-state index in [0.717, 1.165) is 32.0 Å². The van der Waals surface area contributed by atoms with Crippen molar-refractivity contribution >= 4 is 20.0 Å². The van der Waals surface area contributed by atoms with Gasteiger partial charge in [-0.2, -0.15) is 4.31 Å². The van der Waals surface area contributed by atoms with Crippen molar-refractivity contribution < 1.29 is 16.8 Å². The van der Waals surface area contributed by atoms with Gasteiger partial charge in [-0.25, -0.2) is 21.6 Å². The van der Waals surface area contributed by atoms with Gasteiger partial charge in [-0.1, -0.05) is 20.8 Å². The molecule has 1 aliphatic rings. The molecule has 1 fully saturated rings. The summed E-state index contributed by atoms with van der Waals surface area (Å²) in [5, 5.41) is 0. The van der Waals surface area contributed by atoms with Crippen molar-refractivity contribution in [2.45, 2.75) is 49.8 Å². The largest absolute Gasteiger partial charge is 0.303 e. The number of sulfonamides is 2. The zero-order valence-corrected chi connectivity index (χ0v) is 18.7. The van der Waals surface area contributed by atoms with Crippen LogP contribution >= 0.6 is 0 Å². The monoisotopic (exact) mass is 431 g/mol. The number of nitrogens with zero attached hydrogens (tertiary/aromatic N) is 2. The van der Waals surface area contributed by atoms with E-state index in [-0.39, 0.29) is 9.79 Å². The first-order valence-corrected chi connectivity index (χ1v) is 12.9. The summed E-state index contributed by atoms with van der Waals surface area (Å²) in [6.07, 6.45) is 3.16. The van der Waals surface area contributed by atoms with E-state index in [1.807, 2.05) is 0 Å². The third kappa shape index (κ3) is 6.00. The first kappa shape index (κ1) is 23.3. The minimum atomic E-state index is -3.64. The molecule has 28 heavy (non-hydrogen) atoms. The van der Waals surface area contributed by atoms with Crippen LogP contribution in [-0.2, 0) is 20.0 Å². The van der Waals surface area contributed by atoms with Crippen molar-refractivity contribution in [1.29, 1.82) is 0 Å². The van der Waals surface area contributed by atoms with Gasteiger partial charge in [0.2, 0.25) is 20.0 Å². The highest BCUT2D eigenvalue weighted by Crippen LogP contribution is 2.19. The molecule has 160 valence electrons. The molecule has 0 radical (unpaired) electrons. The Hall–Kier alpha value is -1.00. The molecule has 0 aromatic heterocycles. The van der Waals surface area contributed by atoms with Crippen molar-refractivity contribution in [3.63, 3.8) is 0 Å². The minimum absolute atomic E-state index is 0.0813. The van der Waals surface area contributed by atoms with Crippen LogP contribution in [0.15, 0.2) is 34.1 Å². The standard InChI is InChI=1S/C19H33N3O4S2/c1-4-22(5-2)28(25,26)19-9-7-18(8-10-19)27(23,24)20-13-6-14-21-15-11-17(3)12-16-21/h7-10,17,20H,4-6,11-16H2,1-3H3. The predicted octanol–water partition coefficient (Wildman–Crippen LogP) is 2.12. The zero-order chi connectivity index (χ0) is 20.8. The number of piperidine rings is 1. The Labute approximate surface area is 170 Å². The van der Waals surface area contributed by atoms with Crippen LogP contribution < -0.4 is 4.72 Å². The van der Waals surface area contributed by atoms with Crippen molar-refractivity contribution in [1.82, 2.24) is 13.9 Å². The molecule has 0 amide bonds. The average Bonchev–Trinajstić information content (AvgIpc) is 2.67. The van der Waals surface area contributed by atoms with Gasteiger partial charge in [0.1, 0.15) is 0 Å². The summed E-state index contributed by atoms with van der Waals surface area (Å²) in [7, 11) is -7.23. The first-order chi connectivity index (χ1) is 13.2. The number of likely N-dealkylation sites (tertiary alicyclic amines) is 1. The van der Waals surface area contributed by atoms with Gasteiger partial charge in [-0.15, -0.1) is 0 Å². The average molecular weight is 432 g/mol. The molecule has 0 atom stereocenters. The van der Waals surface area contributed by atoms with E-state index in [2.05, 4.69) is 16.5 Å². The lowest BCUT2D eigenvalue weighted by Crippen LogP contribution is -2.35. The normalized spacial score (nSPS) is 17.3. The Bertz CT molecular complexity index is 811. The van der Waals surface area contributed by atoms with Gasteiger partial charge >= 0.3 is 0 Å². The Kier molecular flexibility index (Phi) is 8.44. The van der Waals surface area contributed by atoms with Crippen LogP contribution in [0.4, 0.5) is 0 Å². The van der Waals surface area contributed by atoms with E-state index in [0.29, 0.717) is 19.6 Å². The van der Waals surface area contributed by atoms with Crippen LogP contribution in [0.5, 0.6) is 0 Å². The molecule has 0 unspecified atom stereocenters. The lowest BCUT2D eigenvalue weighted by atomic mass is 9.99. The van der Waals surface area contributed by atoms with E-state index in [1.54, 1.807) is 13.8 Å². The topological polar surface area (TPSA) is 86.8 Å². The van der Waals surface area contributed by atoms with Gasteiger partial charge in [0.05, 0.1) is 9.79 Å². The molecule has 1 saturated heterocycles. The molecule has 0 aliphatic carbocycles. The molecule has 1 N–H and O–H groups in total. The van der Waals surface area contributed by atoms with E-state index >= 15 is 0 Å². The number of rotatable bonds is 10. The van der Waals surface area contributed by atoms with Gasteiger partial charge < -0.3 is 4.90 Å². The number of benzene rings is 1. The third-order valence-electron chi connectivity index (χ3n) is 5.30. The number of nitrogens with one attached hydrogen (secondary N) is 1. The van der Waals surface area contributed by atoms with Crippen LogP contribution in [-0.4, -0.2) is 65.3 Å². The SMILES string of the molecule is CCN(CC)S(=O)(=O)c1ccc(S(=O)(=O)NCCCN2CCC(C)CC2)cc1. The zero-order valence-electron chi connectivity index (χ0n) is 17.1. The Morgan fingerprint density at radius 2 is 1.54 bits per heavy atom. The highest BCUT2D eigenvalue weighted by Gasteiger charge is 2.22. The molecule has 1 aliphatic heterocycles. The Morgan fingerprint density at radius 3 is 2.07 bits per heavy atom. The van der Waals surface area contributed by atoms with Crippen LogP contribution in [0.2, 0.25) is 0 Å². The highest BCUT2D eigenvalue weighted by molar-refractivity contribution is 7.89. The fourth-order valence-corrected chi connectivity index (χ4v) is 5.91. The van der Waals surface area contributed by atoms with E-state index in [9.17, 15) is 16.8 Å². The van der Waals surface area contributed by atoms with Gasteiger partial charge in [-0.05, 0) is 69.1 Å². The fraction of sp³-hybridized carbons (Fsp3) is 0.684. The summed E-state index contributed by atoms with van der Waals surface area (Å²) in [6.45, 7) is 9.97. The quantitative estimate of drug-likeness (QED) is 0.574. The number of hydrogen-bond donors (Lipinski definition) is 1. The van der Waals surface area contributed by atoms with Gasteiger partial charge in [0.25, 0.3) is 0 Å². The van der Waals surface area contributed by atoms with Gasteiger partial charge in [0.15, 0.2) is 0 Å². The van der Waals surface area contributed by atoms with Crippen molar-refractivity contribution in [2.75, 3.05) is 39.3 Å². The lowest BCUT2D eigenvalue weighted by molar-refractivity contribution is 0.191. The van der Waals surface area contributed by atoms with Gasteiger partial charge in [0, 0.05) is 19.6 Å². The van der Waals surface area contributed by atoms with Crippen LogP contribution in [0.1, 0.15) is 40.0 Å². The Balaban J connectivity index is 1.91. The lowest BCUT2D eigenvalue weighted by Gasteiger charge is -2.30. The second-order valence-electron chi connectivity index (χ2n) is 7.34. The molecule has 7 nitrogen and oxygen atoms in total. The smallest absolute Gasteiger partial charge is 0.243 e. The van der Waals surface area contributed by atoms with Crippen molar-refractivity contribution in [2.24, 2.45) is 5.92 Å². The summed E-state index contributed by atoms with van der Waals surface area (Å²) in [4.78, 5) is 2.56. The van der Waals surface area contributed by atoms with Crippen LogP contribution in [0.3, 0.4) is 0 Å². The van der Waals surface area contributed by atoms with E-state index < -0.39 is 20.0 Å². The molecule has 0 spiro atoms. The molecule has 0 bridgehead atoms. The minimum Gasteiger partial charge on any atom is -0.303 e. The Morgan fingerprint density at radius 1 is 1.00 bits per heavy atom. The summed E-state index contributed by atoms with van der Waals surface area (Å²) in [5.74, 6) is 0.781. The molecule has 1 heterocycles. The van der Waals surface area contributed by atoms with Crippen LogP contribution in [0.25, 0.3) is 0 Å². The molecule has 9 heteroatoms. The summed E-state index contributed by atoms with van der Waals surface area (Å²) in [5.41, 5.74) is 0. The molecule has 0 saturated carbocycles. The second-order valence-corrected chi connectivity index (χ2v) is 11.0. The summed E-state index contributed by atoms with van der Waals surface area (Å²) >= 11 is 0. The third-order valence-corrected chi connectivity index (χ3v) is 8.84.